The number of anilines is 1. The van der Waals surface area contributed by atoms with Crippen molar-refractivity contribution >= 4 is 56.9 Å². The van der Waals surface area contributed by atoms with Gasteiger partial charge in [0.05, 0.1) is 10.6 Å². The first kappa shape index (κ1) is 19.7. The molecule has 152 valence electrons. The lowest BCUT2D eigenvalue weighted by Crippen LogP contribution is -2.27. The Balaban J connectivity index is 1.53. The van der Waals surface area contributed by atoms with Crippen molar-refractivity contribution in [1.82, 2.24) is 4.57 Å². The van der Waals surface area contributed by atoms with E-state index in [1.165, 1.54) is 34.4 Å². The molecule has 6 heteroatoms. The van der Waals surface area contributed by atoms with Crippen LogP contribution in [0.4, 0.5) is 10.1 Å². The van der Waals surface area contributed by atoms with Gasteiger partial charge in [-0.3, -0.25) is 9.69 Å². The number of hydrogen-bond donors (Lipinski definition) is 0. The van der Waals surface area contributed by atoms with Crippen molar-refractivity contribution in [2.45, 2.75) is 6.54 Å². The van der Waals surface area contributed by atoms with Crippen LogP contribution in [0.15, 0.2) is 90.0 Å². The average molecular weight is 445 g/mol. The predicted octanol–water partition coefficient (Wildman–Crippen LogP) is 6.23. The van der Waals surface area contributed by atoms with E-state index in [-0.39, 0.29) is 5.91 Å². The molecule has 1 saturated heterocycles. The third-order valence-electron chi connectivity index (χ3n) is 5.16. The smallest absolute Gasteiger partial charge is 0.270 e. The summed E-state index contributed by atoms with van der Waals surface area (Å²) in [6, 6.07) is 24.3. The number of carbonyl (C=O) groups excluding carboxylic acids is 1. The maximum absolute atomic E-state index is 13.7. The molecule has 0 N–H and O–H groups in total. The predicted molar refractivity (Wildman–Crippen MR) is 130 cm³/mol. The lowest BCUT2D eigenvalue weighted by Gasteiger charge is -2.14. The fourth-order valence-corrected chi connectivity index (χ4v) is 5.04. The molecule has 0 aliphatic carbocycles. The summed E-state index contributed by atoms with van der Waals surface area (Å²) in [5.41, 5.74) is 3.69. The van der Waals surface area contributed by atoms with Gasteiger partial charge in [-0.1, -0.05) is 78.6 Å². The molecule has 0 bridgehead atoms. The van der Waals surface area contributed by atoms with Crippen molar-refractivity contribution in [3.8, 4) is 0 Å². The minimum absolute atomic E-state index is 0.236. The van der Waals surface area contributed by atoms with E-state index in [0.717, 1.165) is 23.0 Å². The number of halogens is 1. The first-order valence-electron chi connectivity index (χ1n) is 9.75. The van der Waals surface area contributed by atoms with E-state index in [4.69, 9.17) is 12.2 Å². The van der Waals surface area contributed by atoms with Crippen LogP contribution in [0.25, 0.3) is 17.0 Å². The monoisotopic (exact) mass is 444 g/mol. The van der Waals surface area contributed by atoms with Crippen LogP contribution in [-0.2, 0) is 11.3 Å². The number of nitrogens with zero attached hydrogens (tertiary/aromatic N) is 2. The number of thiocarbonyl (C=S) groups is 1. The van der Waals surface area contributed by atoms with E-state index in [9.17, 15) is 9.18 Å². The van der Waals surface area contributed by atoms with Crippen molar-refractivity contribution in [1.29, 1.82) is 0 Å². The molecule has 2 heterocycles. The molecular formula is C25H17FN2OS2. The lowest BCUT2D eigenvalue weighted by atomic mass is 10.1. The molecule has 3 nitrogen and oxygen atoms in total. The van der Waals surface area contributed by atoms with Crippen molar-refractivity contribution in [3.05, 3.63) is 107 Å². The van der Waals surface area contributed by atoms with Crippen LogP contribution in [0.5, 0.6) is 0 Å². The van der Waals surface area contributed by atoms with Gasteiger partial charge in [0, 0.05) is 29.2 Å². The molecule has 1 aliphatic rings. The van der Waals surface area contributed by atoms with Gasteiger partial charge < -0.3 is 4.57 Å². The molecule has 1 aliphatic heterocycles. The maximum atomic E-state index is 13.7. The number of carbonyl (C=O) groups is 1. The molecule has 5 rings (SSSR count). The Labute approximate surface area is 188 Å². The SMILES string of the molecule is O=C1/C(=C\c2cn(Cc3ccccc3)c3ccccc23)SC(=S)N1c1cccc(F)c1. The second-order valence-electron chi connectivity index (χ2n) is 7.21. The zero-order valence-corrected chi connectivity index (χ0v) is 18.0. The van der Waals surface area contributed by atoms with E-state index < -0.39 is 5.82 Å². The topological polar surface area (TPSA) is 25.2 Å². The Hall–Kier alpha value is -3.22. The summed E-state index contributed by atoms with van der Waals surface area (Å²) in [6.45, 7) is 0.736. The zero-order valence-electron chi connectivity index (χ0n) is 16.4. The van der Waals surface area contributed by atoms with Gasteiger partial charge in [0.1, 0.15) is 5.82 Å². The molecule has 0 atom stereocenters. The number of thioether (sulfide) groups is 1. The van der Waals surface area contributed by atoms with Crippen LogP contribution < -0.4 is 4.90 Å². The summed E-state index contributed by atoms with van der Waals surface area (Å²) < 4.78 is 16.3. The van der Waals surface area contributed by atoms with Crippen molar-refractivity contribution in [2.75, 3.05) is 4.90 Å². The molecule has 31 heavy (non-hydrogen) atoms. The Morgan fingerprint density at radius 3 is 2.55 bits per heavy atom. The number of hydrogen-bond acceptors (Lipinski definition) is 3. The second-order valence-corrected chi connectivity index (χ2v) is 8.89. The van der Waals surface area contributed by atoms with E-state index in [1.807, 2.05) is 36.4 Å². The minimum atomic E-state index is -0.403. The Morgan fingerprint density at radius 1 is 0.968 bits per heavy atom. The minimum Gasteiger partial charge on any atom is -0.342 e. The fourth-order valence-electron chi connectivity index (χ4n) is 3.75. The molecule has 3 aromatic carbocycles. The molecular weight excluding hydrogens is 427 g/mol. The van der Waals surface area contributed by atoms with Gasteiger partial charge in [0.15, 0.2) is 4.32 Å². The van der Waals surface area contributed by atoms with Gasteiger partial charge in [-0.15, -0.1) is 0 Å². The summed E-state index contributed by atoms with van der Waals surface area (Å²) in [7, 11) is 0. The highest BCUT2D eigenvalue weighted by Crippen LogP contribution is 2.37. The Kier molecular flexibility index (Phi) is 5.18. The third kappa shape index (κ3) is 3.80. The van der Waals surface area contributed by atoms with Gasteiger partial charge in [-0.2, -0.15) is 0 Å². The van der Waals surface area contributed by atoms with E-state index in [1.54, 1.807) is 12.1 Å². The molecule has 0 spiro atoms. The number of rotatable bonds is 4. The number of para-hydroxylation sites is 1. The normalized spacial score (nSPS) is 15.4. The van der Waals surface area contributed by atoms with E-state index in [2.05, 4.69) is 35.0 Å². The molecule has 0 saturated carbocycles. The fraction of sp³-hybridized carbons (Fsp3) is 0.0400. The van der Waals surface area contributed by atoms with Gasteiger partial charge in [0.25, 0.3) is 5.91 Å². The van der Waals surface area contributed by atoms with Gasteiger partial charge >= 0.3 is 0 Å². The van der Waals surface area contributed by atoms with Gasteiger partial charge in [0.2, 0.25) is 0 Å². The van der Waals surface area contributed by atoms with Crippen LogP contribution >= 0.6 is 24.0 Å². The standard InChI is InChI=1S/C25H17FN2OS2/c26-19-9-6-10-20(14-19)28-24(29)23(31-25(28)30)13-18-16-27(15-17-7-2-1-3-8-17)22-12-5-4-11-21(18)22/h1-14,16H,15H2/b23-13+. The summed E-state index contributed by atoms with van der Waals surface area (Å²) >= 11 is 6.66. The molecule has 1 amide bonds. The Morgan fingerprint density at radius 2 is 1.74 bits per heavy atom. The van der Waals surface area contributed by atoms with Crippen LogP contribution in [0.1, 0.15) is 11.1 Å². The number of fused-ring (bicyclic) bond motifs is 1. The van der Waals surface area contributed by atoms with Crippen LogP contribution in [0.2, 0.25) is 0 Å². The first-order valence-corrected chi connectivity index (χ1v) is 11.0. The Bertz CT molecular complexity index is 1340. The summed E-state index contributed by atoms with van der Waals surface area (Å²) in [5.74, 6) is -0.639. The van der Waals surface area contributed by atoms with Crippen molar-refractivity contribution in [2.24, 2.45) is 0 Å². The first-order chi connectivity index (χ1) is 15.1. The van der Waals surface area contributed by atoms with E-state index >= 15 is 0 Å². The van der Waals surface area contributed by atoms with Crippen LogP contribution in [0, 0.1) is 5.82 Å². The highest BCUT2D eigenvalue weighted by Gasteiger charge is 2.33. The van der Waals surface area contributed by atoms with E-state index in [0.29, 0.717) is 14.9 Å². The molecule has 4 aromatic rings. The second kappa shape index (κ2) is 8.13. The highest BCUT2D eigenvalue weighted by molar-refractivity contribution is 8.27. The summed E-state index contributed by atoms with van der Waals surface area (Å²) in [5, 5.41) is 1.06. The lowest BCUT2D eigenvalue weighted by molar-refractivity contribution is -0.113. The largest absolute Gasteiger partial charge is 0.342 e. The molecule has 0 radical (unpaired) electrons. The summed E-state index contributed by atoms with van der Waals surface area (Å²) in [4.78, 5) is 15.0. The third-order valence-corrected chi connectivity index (χ3v) is 6.46. The number of amides is 1. The van der Waals surface area contributed by atoms with Gasteiger partial charge in [-0.05, 0) is 35.9 Å². The number of benzene rings is 3. The van der Waals surface area contributed by atoms with Crippen molar-refractivity contribution in [3.63, 3.8) is 0 Å². The van der Waals surface area contributed by atoms with Crippen LogP contribution in [-0.4, -0.2) is 14.8 Å². The number of aromatic nitrogens is 1. The molecule has 0 unspecified atom stereocenters. The van der Waals surface area contributed by atoms with Crippen LogP contribution in [0.3, 0.4) is 0 Å². The average Bonchev–Trinajstić information content (AvgIpc) is 3.25. The molecule has 1 aromatic heterocycles. The van der Waals surface area contributed by atoms with Crippen molar-refractivity contribution < 1.29 is 9.18 Å². The zero-order chi connectivity index (χ0) is 21.4. The quantitative estimate of drug-likeness (QED) is 0.275. The molecule has 1 fully saturated rings. The highest BCUT2D eigenvalue weighted by atomic mass is 32.2. The maximum Gasteiger partial charge on any atom is 0.270 e. The summed E-state index contributed by atoms with van der Waals surface area (Å²) in [6.07, 6.45) is 3.94. The van der Waals surface area contributed by atoms with Gasteiger partial charge in [-0.25, -0.2) is 4.39 Å².